The van der Waals surface area contributed by atoms with Gasteiger partial charge in [0, 0.05) is 6.04 Å². The number of nitriles is 1. The summed E-state index contributed by atoms with van der Waals surface area (Å²) in [5, 5.41) is 20.8. The van der Waals surface area contributed by atoms with Gasteiger partial charge < -0.3 is 10.4 Å². The average molecular weight is 226 g/mol. The maximum atomic E-state index is 12.0. The second kappa shape index (κ2) is 7.24. The molecule has 0 bridgehead atoms. The Morgan fingerprint density at radius 1 is 1.44 bits per heavy atom. The third-order valence-electron chi connectivity index (χ3n) is 2.65. The molecule has 1 unspecified atom stereocenters. The van der Waals surface area contributed by atoms with Crippen molar-refractivity contribution in [3.05, 3.63) is 0 Å². The van der Waals surface area contributed by atoms with Crippen LogP contribution < -0.4 is 5.32 Å². The SMILES string of the molecule is CCCC(C#N)(CCC)C(=O)NC(C)CO. The number of hydrogen-bond acceptors (Lipinski definition) is 3. The van der Waals surface area contributed by atoms with Gasteiger partial charge in [-0.25, -0.2) is 0 Å². The molecule has 0 spiro atoms. The molecular weight excluding hydrogens is 204 g/mol. The van der Waals surface area contributed by atoms with E-state index in [0.717, 1.165) is 12.8 Å². The molecule has 1 atom stereocenters. The van der Waals surface area contributed by atoms with Gasteiger partial charge in [0.1, 0.15) is 5.41 Å². The molecule has 0 aromatic carbocycles. The number of nitrogens with one attached hydrogen (secondary N) is 1. The smallest absolute Gasteiger partial charge is 0.240 e. The first kappa shape index (κ1) is 14.9. The van der Waals surface area contributed by atoms with E-state index in [4.69, 9.17) is 5.11 Å². The fourth-order valence-electron chi connectivity index (χ4n) is 1.78. The Bertz CT molecular complexity index is 252. The lowest BCUT2D eigenvalue weighted by Gasteiger charge is -2.26. The molecule has 0 saturated carbocycles. The van der Waals surface area contributed by atoms with Crippen LogP contribution in [0.25, 0.3) is 0 Å². The quantitative estimate of drug-likeness (QED) is 0.692. The Morgan fingerprint density at radius 3 is 2.25 bits per heavy atom. The monoisotopic (exact) mass is 226 g/mol. The minimum absolute atomic E-state index is 0.106. The van der Waals surface area contributed by atoms with Gasteiger partial charge in [-0.05, 0) is 19.8 Å². The van der Waals surface area contributed by atoms with Crippen LogP contribution >= 0.6 is 0 Å². The van der Waals surface area contributed by atoms with Gasteiger partial charge in [-0.2, -0.15) is 5.26 Å². The Labute approximate surface area is 97.7 Å². The molecular formula is C12H22N2O2. The van der Waals surface area contributed by atoms with E-state index in [1.165, 1.54) is 0 Å². The van der Waals surface area contributed by atoms with Crippen LogP contribution in [-0.4, -0.2) is 23.7 Å². The van der Waals surface area contributed by atoms with Gasteiger partial charge in [0.2, 0.25) is 5.91 Å². The summed E-state index contributed by atoms with van der Waals surface area (Å²) in [5.41, 5.74) is -0.924. The van der Waals surface area contributed by atoms with E-state index in [1.54, 1.807) is 6.92 Å². The maximum Gasteiger partial charge on any atom is 0.240 e. The summed E-state index contributed by atoms with van der Waals surface area (Å²) in [4.78, 5) is 12.0. The lowest BCUT2D eigenvalue weighted by atomic mass is 9.79. The van der Waals surface area contributed by atoms with Crippen molar-refractivity contribution in [3.8, 4) is 6.07 Å². The zero-order valence-corrected chi connectivity index (χ0v) is 10.4. The van der Waals surface area contributed by atoms with E-state index in [2.05, 4.69) is 11.4 Å². The molecule has 4 nitrogen and oxygen atoms in total. The number of rotatable bonds is 7. The molecule has 0 aromatic rings. The predicted octanol–water partition coefficient (Wildman–Crippen LogP) is 1.59. The van der Waals surface area contributed by atoms with E-state index in [-0.39, 0.29) is 18.6 Å². The Kier molecular flexibility index (Phi) is 6.75. The summed E-state index contributed by atoms with van der Waals surface area (Å²) in [5.74, 6) is -0.250. The van der Waals surface area contributed by atoms with Crippen molar-refractivity contribution in [2.24, 2.45) is 5.41 Å². The molecule has 4 heteroatoms. The molecule has 0 saturated heterocycles. The second-order valence-corrected chi connectivity index (χ2v) is 4.25. The average Bonchev–Trinajstić information content (AvgIpc) is 2.28. The Balaban J connectivity index is 4.74. The van der Waals surface area contributed by atoms with E-state index in [9.17, 15) is 10.1 Å². The second-order valence-electron chi connectivity index (χ2n) is 4.25. The third-order valence-corrected chi connectivity index (χ3v) is 2.65. The Morgan fingerprint density at radius 2 is 1.94 bits per heavy atom. The number of amides is 1. The zero-order chi connectivity index (χ0) is 12.6. The molecule has 1 amide bonds. The molecule has 0 aliphatic heterocycles. The summed E-state index contributed by atoms with van der Waals surface area (Å²) in [6, 6.07) is 1.86. The molecule has 16 heavy (non-hydrogen) atoms. The first-order valence-electron chi connectivity index (χ1n) is 5.89. The number of carbonyl (C=O) groups is 1. The van der Waals surface area contributed by atoms with E-state index in [0.29, 0.717) is 12.8 Å². The number of hydrogen-bond donors (Lipinski definition) is 2. The number of nitrogens with zero attached hydrogens (tertiary/aromatic N) is 1. The molecule has 2 N–H and O–H groups in total. The lowest BCUT2D eigenvalue weighted by molar-refractivity contribution is -0.129. The van der Waals surface area contributed by atoms with Gasteiger partial charge in [-0.1, -0.05) is 26.7 Å². The minimum atomic E-state index is -0.924. The van der Waals surface area contributed by atoms with Gasteiger partial charge >= 0.3 is 0 Å². The van der Waals surface area contributed by atoms with Crippen LogP contribution in [0.4, 0.5) is 0 Å². The molecule has 0 rings (SSSR count). The van der Waals surface area contributed by atoms with E-state index >= 15 is 0 Å². The number of aliphatic hydroxyl groups excluding tert-OH is 1. The first-order chi connectivity index (χ1) is 7.56. The van der Waals surface area contributed by atoms with Crippen molar-refractivity contribution in [1.82, 2.24) is 5.32 Å². The predicted molar refractivity (Wildman–Crippen MR) is 62.6 cm³/mol. The van der Waals surface area contributed by atoms with Crippen LogP contribution in [0.15, 0.2) is 0 Å². The molecule has 0 aliphatic rings. The summed E-state index contributed by atoms with van der Waals surface area (Å²) in [6.07, 6.45) is 2.74. The van der Waals surface area contributed by atoms with E-state index in [1.807, 2.05) is 13.8 Å². The lowest BCUT2D eigenvalue weighted by Crippen LogP contribution is -2.45. The van der Waals surface area contributed by atoms with Gasteiger partial charge in [-0.3, -0.25) is 4.79 Å². The molecule has 0 fully saturated rings. The van der Waals surface area contributed by atoms with Crippen LogP contribution in [0.3, 0.4) is 0 Å². The van der Waals surface area contributed by atoms with Crippen molar-refractivity contribution in [2.75, 3.05) is 6.61 Å². The van der Waals surface area contributed by atoms with Crippen LogP contribution in [-0.2, 0) is 4.79 Å². The molecule has 0 heterocycles. The van der Waals surface area contributed by atoms with Gasteiger partial charge in [-0.15, -0.1) is 0 Å². The fraction of sp³-hybridized carbons (Fsp3) is 0.833. The normalized spacial score (nSPS) is 12.9. The molecule has 0 aromatic heterocycles. The van der Waals surface area contributed by atoms with Crippen molar-refractivity contribution in [1.29, 1.82) is 5.26 Å². The summed E-state index contributed by atoms with van der Waals surface area (Å²) in [7, 11) is 0. The first-order valence-corrected chi connectivity index (χ1v) is 5.89. The van der Waals surface area contributed by atoms with Crippen molar-refractivity contribution >= 4 is 5.91 Å². The number of carbonyl (C=O) groups excluding carboxylic acids is 1. The Hall–Kier alpha value is -1.08. The fourth-order valence-corrected chi connectivity index (χ4v) is 1.78. The van der Waals surface area contributed by atoms with Crippen LogP contribution in [0, 0.1) is 16.7 Å². The van der Waals surface area contributed by atoms with Crippen molar-refractivity contribution in [2.45, 2.75) is 52.5 Å². The van der Waals surface area contributed by atoms with E-state index < -0.39 is 5.41 Å². The molecule has 0 aliphatic carbocycles. The highest BCUT2D eigenvalue weighted by Gasteiger charge is 2.37. The van der Waals surface area contributed by atoms with Crippen molar-refractivity contribution < 1.29 is 9.90 Å². The number of aliphatic hydroxyl groups is 1. The highest BCUT2D eigenvalue weighted by Crippen LogP contribution is 2.29. The van der Waals surface area contributed by atoms with Gasteiger partial charge in [0.25, 0.3) is 0 Å². The third kappa shape index (κ3) is 3.82. The highest BCUT2D eigenvalue weighted by molar-refractivity contribution is 5.85. The van der Waals surface area contributed by atoms with Crippen molar-refractivity contribution in [3.63, 3.8) is 0 Å². The summed E-state index contributed by atoms with van der Waals surface area (Å²) < 4.78 is 0. The van der Waals surface area contributed by atoms with Gasteiger partial charge in [0.05, 0.1) is 12.7 Å². The summed E-state index contributed by atoms with van der Waals surface area (Å²) >= 11 is 0. The standard InChI is InChI=1S/C12H22N2O2/c1-4-6-12(9-13,7-5-2)11(16)14-10(3)8-15/h10,15H,4-8H2,1-3H3,(H,14,16). The highest BCUT2D eigenvalue weighted by atomic mass is 16.3. The van der Waals surface area contributed by atoms with Crippen LogP contribution in [0.1, 0.15) is 46.5 Å². The largest absolute Gasteiger partial charge is 0.394 e. The zero-order valence-electron chi connectivity index (χ0n) is 10.4. The van der Waals surface area contributed by atoms with Crippen LogP contribution in [0.5, 0.6) is 0 Å². The maximum absolute atomic E-state index is 12.0. The minimum Gasteiger partial charge on any atom is -0.394 e. The van der Waals surface area contributed by atoms with Gasteiger partial charge in [0.15, 0.2) is 0 Å². The summed E-state index contributed by atoms with van der Waals surface area (Å²) in [6.45, 7) is 5.54. The molecule has 0 radical (unpaired) electrons. The van der Waals surface area contributed by atoms with Crippen LogP contribution in [0.2, 0.25) is 0 Å². The topological polar surface area (TPSA) is 73.1 Å². The molecule has 92 valence electrons.